The summed E-state index contributed by atoms with van der Waals surface area (Å²) in [6, 6.07) is 15.8. The third-order valence-electron chi connectivity index (χ3n) is 7.26. The molecule has 0 radical (unpaired) electrons. The van der Waals surface area contributed by atoms with Gasteiger partial charge in [0.05, 0.1) is 45.8 Å². The van der Waals surface area contributed by atoms with Crippen molar-refractivity contribution in [2.45, 2.75) is 24.9 Å². The van der Waals surface area contributed by atoms with Crippen LogP contribution in [0.5, 0.6) is 0 Å². The number of anilines is 3. The average Bonchev–Trinajstić information content (AvgIpc) is 3.49. The molecule has 0 bridgehead atoms. The van der Waals surface area contributed by atoms with Gasteiger partial charge in [-0.05, 0) is 74.0 Å². The summed E-state index contributed by atoms with van der Waals surface area (Å²) in [5.74, 6) is -1.12. The van der Waals surface area contributed by atoms with E-state index in [4.69, 9.17) is 23.2 Å². The van der Waals surface area contributed by atoms with Gasteiger partial charge >= 0.3 is 0 Å². The first-order valence-corrected chi connectivity index (χ1v) is 14.0. The minimum absolute atomic E-state index is 0.0891. The average molecular weight is 605 g/mol. The van der Waals surface area contributed by atoms with Crippen molar-refractivity contribution in [3.63, 3.8) is 0 Å². The fraction of sp³-hybridized carbons (Fsp3) is 0.200. The highest BCUT2D eigenvalue weighted by atomic mass is 35.5. The number of fused-ring (bicyclic) bond motifs is 1. The molecular weight excluding hydrogens is 581 g/mol. The highest BCUT2D eigenvalue weighted by Crippen LogP contribution is 2.36. The molecule has 0 unspecified atom stereocenters. The fourth-order valence-corrected chi connectivity index (χ4v) is 5.43. The van der Waals surface area contributed by atoms with Crippen LogP contribution in [0, 0.1) is 23.0 Å². The summed E-state index contributed by atoms with van der Waals surface area (Å²) in [4.78, 5) is 4.51. The minimum atomic E-state index is -0.579. The predicted octanol–water partition coefficient (Wildman–Crippen LogP) is 7.15. The SMILES string of the molecule is N#Cc1cnc2c(N[C@@H](c3ccc(Cl)cc3)c3cn(C4CCNCC4)nn3)cc(F)cc2c1Nc1ccc(F)c(Cl)c1. The summed E-state index contributed by atoms with van der Waals surface area (Å²) < 4.78 is 30.9. The summed E-state index contributed by atoms with van der Waals surface area (Å²) in [5.41, 5.74) is 3.19. The second-order valence-corrected chi connectivity index (χ2v) is 10.8. The normalized spacial score (nSPS) is 14.5. The van der Waals surface area contributed by atoms with E-state index in [-0.39, 0.29) is 16.6 Å². The Morgan fingerprint density at radius 2 is 1.83 bits per heavy atom. The van der Waals surface area contributed by atoms with Crippen LogP contribution in [0.2, 0.25) is 10.0 Å². The Morgan fingerprint density at radius 1 is 1.05 bits per heavy atom. The van der Waals surface area contributed by atoms with Gasteiger partial charge in [0, 0.05) is 22.3 Å². The molecule has 12 heteroatoms. The van der Waals surface area contributed by atoms with E-state index in [1.165, 1.54) is 36.5 Å². The lowest BCUT2D eigenvalue weighted by atomic mass is 10.0. The number of nitrogens with zero attached hydrogens (tertiary/aromatic N) is 5. The molecule has 1 aliphatic rings. The number of benzene rings is 3. The lowest BCUT2D eigenvalue weighted by Gasteiger charge is -2.22. The Morgan fingerprint density at radius 3 is 2.57 bits per heavy atom. The number of nitriles is 1. The molecule has 6 rings (SSSR count). The standard InChI is InChI=1S/C30H24Cl2F2N8/c31-19-3-1-17(2-4-19)29(27-16-42(41-40-27)22-7-9-36-10-8-22)39-26-12-20(33)11-23-28(18(14-35)15-37-30(23)26)38-21-5-6-25(34)24(32)13-21/h1-6,11-13,15-16,22,29,36,39H,7-10H2,(H,37,38)/t29-/m0/s1. The van der Waals surface area contributed by atoms with Crippen molar-refractivity contribution in [1.29, 1.82) is 5.26 Å². The topological polar surface area (TPSA) is 103 Å². The van der Waals surface area contributed by atoms with E-state index in [1.807, 2.05) is 23.0 Å². The van der Waals surface area contributed by atoms with Gasteiger partial charge in [-0.3, -0.25) is 4.98 Å². The van der Waals surface area contributed by atoms with Crippen LogP contribution in [0.15, 0.2) is 67.0 Å². The molecule has 0 aliphatic carbocycles. The van der Waals surface area contributed by atoms with E-state index in [1.54, 1.807) is 12.1 Å². The van der Waals surface area contributed by atoms with E-state index >= 15 is 4.39 Å². The van der Waals surface area contributed by atoms with Crippen molar-refractivity contribution in [2.75, 3.05) is 23.7 Å². The molecule has 1 saturated heterocycles. The van der Waals surface area contributed by atoms with E-state index in [2.05, 4.69) is 37.3 Å². The molecule has 42 heavy (non-hydrogen) atoms. The zero-order valence-electron chi connectivity index (χ0n) is 22.1. The molecule has 1 atom stereocenters. The molecule has 3 aromatic carbocycles. The summed E-state index contributed by atoms with van der Waals surface area (Å²) in [5, 5.41) is 29.4. The van der Waals surface area contributed by atoms with Crippen LogP contribution in [-0.2, 0) is 0 Å². The van der Waals surface area contributed by atoms with Crippen molar-refractivity contribution in [3.05, 3.63) is 105 Å². The van der Waals surface area contributed by atoms with Gasteiger partial charge in [-0.1, -0.05) is 40.5 Å². The van der Waals surface area contributed by atoms with Gasteiger partial charge in [-0.2, -0.15) is 5.26 Å². The molecule has 2 aromatic heterocycles. The van der Waals surface area contributed by atoms with Gasteiger partial charge in [0.15, 0.2) is 0 Å². The molecule has 3 heterocycles. The lowest BCUT2D eigenvalue weighted by molar-refractivity contribution is 0.337. The maximum atomic E-state index is 15.2. The van der Waals surface area contributed by atoms with Crippen LogP contribution in [-0.4, -0.2) is 33.1 Å². The molecular formula is C30H24Cl2F2N8. The largest absolute Gasteiger partial charge is 0.371 e. The zero-order chi connectivity index (χ0) is 29.2. The van der Waals surface area contributed by atoms with Gasteiger partial charge in [0.2, 0.25) is 0 Å². The number of piperidine rings is 1. The van der Waals surface area contributed by atoms with E-state index < -0.39 is 17.7 Å². The van der Waals surface area contributed by atoms with Gasteiger partial charge in [-0.15, -0.1) is 5.10 Å². The summed E-state index contributed by atoms with van der Waals surface area (Å²) in [6.45, 7) is 1.82. The van der Waals surface area contributed by atoms with Crippen molar-refractivity contribution in [1.82, 2.24) is 25.3 Å². The molecule has 5 aromatic rings. The molecule has 8 nitrogen and oxygen atoms in total. The summed E-state index contributed by atoms with van der Waals surface area (Å²) >= 11 is 12.1. The molecule has 0 saturated carbocycles. The second kappa shape index (κ2) is 11.9. The number of nitrogens with one attached hydrogen (secondary N) is 3. The second-order valence-electron chi connectivity index (χ2n) is 10.00. The van der Waals surface area contributed by atoms with E-state index in [0.717, 1.165) is 31.5 Å². The van der Waals surface area contributed by atoms with Crippen LogP contribution in [0.1, 0.15) is 41.7 Å². The first-order chi connectivity index (χ1) is 20.4. The monoisotopic (exact) mass is 604 g/mol. The number of halogens is 4. The zero-order valence-corrected chi connectivity index (χ0v) is 23.6. The van der Waals surface area contributed by atoms with Crippen molar-refractivity contribution >= 4 is 51.2 Å². The smallest absolute Gasteiger partial charge is 0.141 e. The molecule has 1 aliphatic heterocycles. The molecule has 212 valence electrons. The van der Waals surface area contributed by atoms with Crippen molar-refractivity contribution in [3.8, 4) is 6.07 Å². The number of hydrogen-bond donors (Lipinski definition) is 3. The van der Waals surface area contributed by atoms with Crippen LogP contribution in [0.3, 0.4) is 0 Å². The highest BCUT2D eigenvalue weighted by Gasteiger charge is 2.24. The first kappa shape index (κ1) is 27.8. The minimum Gasteiger partial charge on any atom is -0.371 e. The van der Waals surface area contributed by atoms with Gasteiger partial charge in [-0.25, -0.2) is 13.5 Å². The van der Waals surface area contributed by atoms with Crippen LogP contribution >= 0.6 is 23.2 Å². The number of hydrogen-bond acceptors (Lipinski definition) is 7. The molecule has 1 fully saturated rings. The van der Waals surface area contributed by atoms with Crippen LogP contribution in [0.4, 0.5) is 25.8 Å². The van der Waals surface area contributed by atoms with Crippen molar-refractivity contribution in [2.24, 2.45) is 0 Å². The Kier molecular flexibility index (Phi) is 7.89. The maximum absolute atomic E-state index is 15.2. The number of pyridine rings is 1. The van der Waals surface area contributed by atoms with Crippen LogP contribution < -0.4 is 16.0 Å². The maximum Gasteiger partial charge on any atom is 0.141 e. The van der Waals surface area contributed by atoms with Crippen LogP contribution in [0.25, 0.3) is 10.9 Å². The molecule has 0 amide bonds. The number of rotatable bonds is 7. The number of aromatic nitrogens is 4. The first-order valence-electron chi connectivity index (χ1n) is 13.3. The summed E-state index contributed by atoms with van der Waals surface area (Å²) in [7, 11) is 0. The predicted molar refractivity (Wildman–Crippen MR) is 159 cm³/mol. The fourth-order valence-electron chi connectivity index (χ4n) is 5.13. The third kappa shape index (κ3) is 5.72. The van der Waals surface area contributed by atoms with E-state index in [9.17, 15) is 9.65 Å². The van der Waals surface area contributed by atoms with Crippen molar-refractivity contribution < 1.29 is 8.78 Å². The third-order valence-corrected chi connectivity index (χ3v) is 7.80. The van der Waals surface area contributed by atoms with Gasteiger partial charge < -0.3 is 16.0 Å². The Balaban J connectivity index is 1.43. The Hall–Kier alpha value is -4.30. The highest BCUT2D eigenvalue weighted by molar-refractivity contribution is 6.31. The molecule has 0 spiro atoms. The van der Waals surface area contributed by atoms with Gasteiger partial charge in [0.1, 0.15) is 23.4 Å². The quantitative estimate of drug-likeness (QED) is 0.181. The van der Waals surface area contributed by atoms with E-state index in [0.29, 0.717) is 38.7 Å². The Bertz CT molecular complexity index is 1800. The molecule has 3 N–H and O–H groups in total. The Labute approximate surface area is 250 Å². The van der Waals surface area contributed by atoms with Gasteiger partial charge in [0.25, 0.3) is 0 Å². The lowest BCUT2D eigenvalue weighted by Crippen LogP contribution is -2.29. The summed E-state index contributed by atoms with van der Waals surface area (Å²) in [6.07, 6.45) is 5.20.